The SMILES string of the molecule is CCOC(=O)CCC(=O)Nn1cnc2c(cnn2-c2ccccc2)c1=O. The van der Waals surface area contributed by atoms with E-state index in [1.807, 2.05) is 30.3 Å². The van der Waals surface area contributed by atoms with Gasteiger partial charge in [0.15, 0.2) is 5.65 Å². The number of carbonyl (C=O) groups excluding carboxylic acids is 2. The zero-order valence-corrected chi connectivity index (χ0v) is 14.1. The lowest BCUT2D eigenvalue weighted by Crippen LogP contribution is -2.33. The number of carbonyl (C=O) groups is 2. The fraction of sp³-hybridized carbons (Fsp3) is 0.235. The maximum atomic E-state index is 12.5. The van der Waals surface area contributed by atoms with Crippen LogP contribution in [-0.4, -0.2) is 37.9 Å². The van der Waals surface area contributed by atoms with Crippen LogP contribution in [0.5, 0.6) is 0 Å². The number of ether oxygens (including phenoxy) is 1. The van der Waals surface area contributed by atoms with E-state index in [-0.39, 0.29) is 24.8 Å². The summed E-state index contributed by atoms with van der Waals surface area (Å²) in [6.07, 6.45) is 2.47. The van der Waals surface area contributed by atoms with Gasteiger partial charge >= 0.3 is 5.97 Å². The maximum absolute atomic E-state index is 12.5. The fourth-order valence-electron chi connectivity index (χ4n) is 2.39. The van der Waals surface area contributed by atoms with Crippen LogP contribution in [0.4, 0.5) is 0 Å². The Labute approximate surface area is 148 Å². The van der Waals surface area contributed by atoms with Gasteiger partial charge in [-0.25, -0.2) is 14.3 Å². The quantitative estimate of drug-likeness (QED) is 0.661. The Morgan fingerprint density at radius 2 is 1.96 bits per heavy atom. The fourth-order valence-corrected chi connectivity index (χ4v) is 2.39. The van der Waals surface area contributed by atoms with Crippen LogP contribution in [0.25, 0.3) is 16.7 Å². The van der Waals surface area contributed by atoms with E-state index in [1.165, 1.54) is 12.5 Å². The van der Waals surface area contributed by atoms with Gasteiger partial charge in [-0.1, -0.05) is 18.2 Å². The number of hydrogen-bond donors (Lipinski definition) is 1. The predicted molar refractivity (Wildman–Crippen MR) is 93.4 cm³/mol. The number of rotatable bonds is 6. The van der Waals surface area contributed by atoms with Gasteiger partial charge in [0.2, 0.25) is 5.91 Å². The first kappa shape index (κ1) is 17.3. The average Bonchev–Trinajstić information content (AvgIpc) is 3.08. The number of nitrogens with one attached hydrogen (secondary N) is 1. The summed E-state index contributed by atoms with van der Waals surface area (Å²) in [4.78, 5) is 39.9. The van der Waals surface area contributed by atoms with Crippen LogP contribution in [0.3, 0.4) is 0 Å². The molecule has 0 aliphatic heterocycles. The Morgan fingerprint density at radius 3 is 2.69 bits per heavy atom. The minimum Gasteiger partial charge on any atom is -0.466 e. The summed E-state index contributed by atoms with van der Waals surface area (Å²) in [7, 11) is 0. The Kier molecular flexibility index (Phi) is 5.07. The highest BCUT2D eigenvalue weighted by atomic mass is 16.5. The predicted octanol–water partition coefficient (Wildman–Crippen LogP) is 0.996. The largest absolute Gasteiger partial charge is 0.466 e. The zero-order valence-electron chi connectivity index (χ0n) is 14.1. The Bertz CT molecular complexity index is 993. The third-order valence-electron chi connectivity index (χ3n) is 3.60. The lowest BCUT2D eigenvalue weighted by Gasteiger charge is -2.08. The van der Waals surface area contributed by atoms with E-state index in [2.05, 4.69) is 15.5 Å². The molecule has 0 bridgehead atoms. The van der Waals surface area contributed by atoms with E-state index in [1.54, 1.807) is 11.6 Å². The van der Waals surface area contributed by atoms with Gasteiger partial charge in [-0.2, -0.15) is 5.10 Å². The van der Waals surface area contributed by atoms with Gasteiger partial charge in [0.05, 0.1) is 24.9 Å². The number of esters is 1. The lowest BCUT2D eigenvalue weighted by atomic mass is 10.3. The number of aromatic nitrogens is 4. The molecule has 2 aromatic heterocycles. The monoisotopic (exact) mass is 355 g/mol. The number of fused-ring (bicyclic) bond motifs is 1. The maximum Gasteiger partial charge on any atom is 0.306 e. The van der Waals surface area contributed by atoms with E-state index in [0.717, 1.165) is 10.4 Å². The number of para-hydroxylation sites is 1. The van der Waals surface area contributed by atoms with Gasteiger partial charge in [-0.3, -0.25) is 19.8 Å². The highest BCUT2D eigenvalue weighted by Gasteiger charge is 2.13. The van der Waals surface area contributed by atoms with Crippen LogP contribution >= 0.6 is 0 Å². The van der Waals surface area contributed by atoms with Crippen LogP contribution in [0, 0.1) is 0 Å². The summed E-state index contributed by atoms with van der Waals surface area (Å²) in [6.45, 7) is 1.94. The molecule has 0 fully saturated rings. The molecule has 1 aromatic carbocycles. The first-order valence-electron chi connectivity index (χ1n) is 8.06. The van der Waals surface area contributed by atoms with Crippen LogP contribution in [-0.2, 0) is 14.3 Å². The Balaban J connectivity index is 1.79. The summed E-state index contributed by atoms with van der Waals surface area (Å²) in [6, 6.07) is 9.27. The number of hydrogen-bond acceptors (Lipinski definition) is 6. The molecule has 0 atom stereocenters. The van der Waals surface area contributed by atoms with Gasteiger partial charge in [-0.15, -0.1) is 0 Å². The topological polar surface area (TPSA) is 108 Å². The van der Waals surface area contributed by atoms with Crippen LogP contribution in [0.15, 0.2) is 47.7 Å². The first-order chi connectivity index (χ1) is 12.6. The molecule has 26 heavy (non-hydrogen) atoms. The van der Waals surface area contributed by atoms with E-state index >= 15 is 0 Å². The molecule has 0 unspecified atom stereocenters. The van der Waals surface area contributed by atoms with Gasteiger partial charge in [0.25, 0.3) is 5.56 Å². The van der Waals surface area contributed by atoms with E-state index in [0.29, 0.717) is 5.65 Å². The second-order valence-electron chi connectivity index (χ2n) is 5.39. The van der Waals surface area contributed by atoms with Crippen molar-refractivity contribution in [1.29, 1.82) is 0 Å². The third-order valence-corrected chi connectivity index (χ3v) is 3.60. The van der Waals surface area contributed by atoms with Crippen molar-refractivity contribution in [2.45, 2.75) is 19.8 Å². The molecule has 134 valence electrons. The molecule has 9 nitrogen and oxygen atoms in total. The van der Waals surface area contributed by atoms with Crippen molar-refractivity contribution in [2.24, 2.45) is 0 Å². The van der Waals surface area contributed by atoms with Crippen molar-refractivity contribution in [1.82, 2.24) is 19.4 Å². The molecule has 0 saturated heterocycles. The van der Waals surface area contributed by atoms with Crippen molar-refractivity contribution < 1.29 is 14.3 Å². The lowest BCUT2D eigenvalue weighted by molar-refractivity contribution is -0.144. The number of amides is 1. The normalized spacial score (nSPS) is 10.7. The Morgan fingerprint density at radius 1 is 1.19 bits per heavy atom. The summed E-state index contributed by atoms with van der Waals surface area (Å²) >= 11 is 0. The van der Waals surface area contributed by atoms with Crippen molar-refractivity contribution in [3.05, 3.63) is 53.2 Å². The zero-order chi connectivity index (χ0) is 18.5. The Hall–Kier alpha value is -3.49. The van der Waals surface area contributed by atoms with Gasteiger partial charge in [0, 0.05) is 6.42 Å². The molecule has 1 amide bonds. The molecule has 2 heterocycles. The minimum absolute atomic E-state index is 0.0595. The van der Waals surface area contributed by atoms with Gasteiger partial charge in [-0.05, 0) is 19.1 Å². The molecule has 9 heteroatoms. The smallest absolute Gasteiger partial charge is 0.306 e. The molecule has 0 spiro atoms. The molecule has 1 N–H and O–H groups in total. The van der Waals surface area contributed by atoms with Crippen molar-refractivity contribution in [3.63, 3.8) is 0 Å². The van der Waals surface area contributed by atoms with E-state index in [4.69, 9.17) is 4.74 Å². The highest BCUT2D eigenvalue weighted by molar-refractivity contribution is 5.87. The van der Waals surface area contributed by atoms with Gasteiger partial charge in [0.1, 0.15) is 11.7 Å². The molecule has 0 aliphatic rings. The molecule has 0 saturated carbocycles. The molecule has 3 rings (SSSR count). The van der Waals surface area contributed by atoms with Crippen molar-refractivity contribution in [3.8, 4) is 5.69 Å². The summed E-state index contributed by atoms with van der Waals surface area (Å²) in [5.41, 5.74) is 3.11. The molecule has 3 aromatic rings. The van der Waals surface area contributed by atoms with E-state index in [9.17, 15) is 14.4 Å². The molecular weight excluding hydrogens is 338 g/mol. The molecule has 0 radical (unpaired) electrons. The van der Waals surface area contributed by atoms with Crippen molar-refractivity contribution >= 4 is 22.9 Å². The summed E-state index contributed by atoms with van der Waals surface area (Å²) in [5, 5.41) is 4.46. The third kappa shape index (κ3) is 3.61. The number of benzene rings is 1. The average molecular weight is 355 g/mol. The van der Waals surface area contributed by atoms with E-state index < -0.39 is 17.4 Å². The molecule has 0 aliphatic carbocycles. The van der Waals surface area contributed by atoms with Crippen molar-refractivity contribution in [2.75, 3.05) is 12.0 Å². The van der Waals surface area contributed by atoms with Crippen LogP contribution in [0.1, 0.15) is 19.8 Å². The van der Waals surface area contributed by atoms with Crippen LogP contribution in [0.2, 0.25) is 0 Å². The highest BCUT2D eigenvalue weighted by Crippen LogP contribution is 2.12. The summed E-state index contributed by atoms with van der Waals surface area (Å²) < 4.78 is 7.28. The first-order valence-corrected chi connectivity index (χ1v) is 8.06. The second-order valence-corrected chi connectivity index (χ2v) is 5.39. The summed E-state index contributed by atoms with van der Waals surface area (Å²) in [5.74, 6) is -0.954. The molecular formula is C17H17N5O4. The van der Waals surface area contributed by atoms with Crippen LogP contribution < -0.4 is 11.0 Å². The number of nitrogens with zero attached hydrogens (tertiary/aromatic N) is 4. The minimum atomic E-state index is -0.489. The standard InChI is InChI=1S/C17H17N5O4/c1-2-26-15(24)9-8-14(23)20-21-11-18-16-13(17(21)25)10-19-22(16)12-6-4-3-5-7-12/h3-7,10-11H,2,8-9H2,1H3,(H,20,23). The second kappa shape index (κ2) is 7.60. The van der Waals surface area contributed by atoms with Gasteiger partial charge < -0.3 is 4.74 Å².